The lowest BCUT2D eigenvalue weighted by Crippen LogP contribution is -2.39. The third kappa shape index (κ3) is 12.5. The summed E-state index contributed by atoms with van der Waals surface area (Å²) in [6.07, 6.45) is 8.16. The van der Waals surface area contributed by atoms with E-state index in [9.17, 15) is 4.79 Å². The van der Waals surface area contributed by atoms with E-state index in [0.29, 0.717) is 0 Å². The monoisotopic (exact) mass is 316 g/mol. The van der Waals surface area contributed by atoms with Gasteiger partial charge in [-0.25, -0.2) is 4.99 Å². The van der Waals surface area contributed by atoms with E-state index in [1.54, 1.807) is 19.0 Å². The van der Waals surface area contributed by atoms with Gasteiger partial charge >= 0.3 is 0 Å². The highest BCUT2D eigenvalue weighted by Gasteiger charge is 2.03. The van der Waals surface area contributed by atoms with Crippen molar-refractivity contribution in [1.82, 2.24) is 15.5 Å². The molecular formula is C15H32N4OS. The first kappa shape index (κ1) is 20.1. The molecule has 0 aromatic carbocycles. The van der Waals surface area contributed by atoms with Gasteiger partial charge < -0.3 is 15.5 Å². The standard InChI is InChI=1S/C15H32N4OS/c1-5-10-16-15(18-13-14(20)19(2)3)17-11-8-6-7-9-12-21-4/h5-13H2,1-4H3,(H2,16,17,18). The van der Waals surface area contributed by atoms with Crippen molar-refractivity contribution in [3.8, 4) is 0 Å². The van der Waals surface area contributed by atoms with Gasteiger partial charge in [0.15, 0.2) is 5.96 Å². The van der Waals surface area contributed by atoms with E-state index in [4.69, 9.17) is 0 Å². The summed E-state index contributed by atoms with van der Waals surface area (Å²) in [6.45, 7) is 4.09. The van der Waals surface area contributed by atoms with Crippen LogP contribution in [0.4, 0.5) is 0 Å². The molecule has 2 N–H and O–H groups in total. The number of nitrogens with one attached hydrogen (secondary N) is 2. The van der Waals surface area contributed by atoms with Crippen LogP contribution in [0.15, 0.2) is 4.99 Å². The third-order valence-electron chi connectivity index (χ3n) is 2.98. The van der Waals surface area contributed by atoms with Crippen molar-refractivity contribution in [3.63, 3.8) is 0 Å². The molecule has 124 valence electrons. The highest BCUT2D eigenvalue weighted by Crippen LogP contribution is 2.03. The maximum absolute atomic E-state index is 11.6. The quantitative estimate of drug-likeness (QED) is 0.347. The van der Waals surface area contributed by atoms with E-state index in [0.717, 1.165) is 31.9 Å². The van der Waals surface area contributed by atoms with Crippen molar-refractivity contribution >= 4 is 23.6 Å². The largest absolute Gasteiger partial charge is 0.356 e. The molecule has 0 saturated heterocycles. The summed E-state index contributed by atoms with van der Waals surface area (Å²) in [5.74, 6) is 2.02. The third-order valence-corrected chi connectivity index (χ3v) is 3.68. The van der Waals surface area contributed by atoms with Crippen LogP contribution in [0.1, 0.15) is 39.0 Å². The Balaban J connectivity index is 3.95. The van der Waals surface area contributed by atoms with Crippen molar-refractivity contribution < 1.29 is 4.79 Å². The maximum Gasteiger partial charge on any atom is 0.243 e. The molecule has 6 heteroatoms. The number of amides is 1. The van der Waals surface area contributed by atoms with Crippen molar-refractivity contribution in [2.24, 2.45) is 4.99 Å². The number of hydrogen-bond donors (Lipinski definition) is 2. The Morgan fingerprint density at radius 3 is 2.38 bits per heavy atom. The highest BCUT2D eigenvalue weighted by molar-refractivity contribution is 7.98. The predicted molar refractivity (Wildman–Crippen MR) is 94.1 cm³/mol. The molecule has 0 spiro atoms. The van der Waals surface area contributed by atoms with Crippen LogP contribution in [0, 0.1) is 0 Å². The average molecular weight is 317 g/mol. The second kappa shape index (κ2) is 14.0. The molecule has 0 aliphatic rings. The molecule has 0 bridgehead atoms. The van der Waals surface area contributed by atoms with Crippen molar-refractivity contribution in [3.05, 3.63) is 0 Å². The number of carbonyl (C=O) groups is 1. The molecular weight excluding hydrogens is 284 g/mol. The fraction of sp³-hybridized carbons (Fsp3) is 0.867. The number of aliphatic imine (C=N–C) groups is 1. The molecule has 0 aromatic rings. The molecule has 0 saturated carbocycles. The lowest BCUT2D eigenvalue weighted by molar-refractivity contribution is -0.127. The van der Waals surface area contributed by atoms with Gasteiger partial charge in [0.2, 0.25) is 5.91 Å². The number of carbonyl (C=O) groups excluding carboxylic acids is 1. The van der Waals surface area contributed by atoms with E-state index >= 15 is 0 Å². The van der Waals surface area contributed by atoms with E-state index < -0.39 is 0 Å². The van der Waals surface area contributed by atoms with Crippen molar-refractivity contribution in [1.29, 1.82) is 0 Å². The number of guanidine groups is 1. The van der Waals surface area contributed by atoms with Gasteiger partial charge in [-0.2, -0.15) is 11.8 Å². The molecule has 0 aromatic heterocycles. The number of rotatable bonds is 11. The maximum atomic E-state index is 11.6. The summed E-state index contributed by atoms with van der Waals surface area (Å²) in [5, 5.41) is 6.54. The summed E-state index contributed by atoms with van der Waals surface area (Å²) in [4.78, 5) is 17.5. The zero-order valence-electron chi connectivity index (χ0n) is 14.1. The van der Waals surface area contributed by atoms with Crippen LogP contribution < -0.4 is 10.6 Å². The SMILES string of the molecule is CCCNC(=NCC(=O)N(C)C)NCCCCCCSC. The normalized spacial score (nSPS) is 11.3. The summed E-state index contributed by atoms with van der Waals surface area (Å²) in [6, 6.07) is 0. The minimum absolute atomic E-state index is 0.0182. The van der Waals surface area contributed by atoms with Crippen LogP contribution >= 0.6 is 11.8 Å². The van der Waals surface area contributed by atoms with Gasteiger partial charge in [-0.15, -0.1) is 0 Å². The highest BCUT2D eigenvalue weighted by atomic mass is 32.2. The molecule has 1 amide bonds. The van der Waals surface area contributed by atoms with Gasteiger partial charge in [-0.1, -0.05) is 19.8 Å². The summed E-state index contributed by atoms with van der Waals surface area (Å²) in [5.41, 5.74) is 0. The Kier molecular flexibility index (Phi) is 13.4. The van der Waals surface area contributed by atoms with E-state index in [-0.39, 0.29) is 12.5 Å². The fourth-order valence-corrected chi connectivity index (χ4v) is 2.13. The Labute approximate surface area is 134 Å². The number of thioether (sulfide) groups is 1. The first-order valence-electron chi connectivity index (χ1n) is 7.83. The van der Waals surface area contributed by atoms with Gasteiger partial charge in [0.1, 0.15) is 6.54 Å². The molecule has 0 aliphatic carbocycles. The molecule has 0 unspecified atom stereocenters. The first-order valence-corrected chi connectivity index (χ1v) is 9.22. The van der Waals surface area contributed by atoms with Crippen LogP contribution in [-0.2, 0) is 4.79 Å². The number of nitrogens with zero attached hydrogens (tertiary/aromatic N) is 2. The minimum Gasteiger partial charge on any atom is -0.356 e. The Bertz CT molecular complexity index is 295. The Morgan fingerprint density at radius 2 is 1.76 bits per heavy atom. The zero-order chi connectivity index (χ0) is 15.9. The summed E-state index contributed by atoms with van der Waals surface area (Å²) >= 11 is 1.91. The molecule has 0 rings (SSSR count). The lowest BCUT2D eigenvalue weighted by atomic mass is 10.2. The van der Waals surface area contributed by atoms with E-state index in [2.05, 4.69) is 28.8 Å². The number of hydrogen-bond acceptors (Lipinski definition) is 3. The molecule has 0 fully saturated rings. The smallest absolute Gasteiger partial charge is 0.243 e. The van der Waals surface area contributed by atoms with Crippen molar-refractivity contribution in [2.45, 2.75) is 39.0 Å². The minimum atomic E-state index is 0.0182. The van der Waals surface area contributed by atoms with Crippen LogP contribution in [0.25, 0.3) is 0 Å². The van der Waals surface area contributed by atoms with Crippen molar-refractivity contribution in [2.75, 3.05) is 45.7 Å². The van der Waals surface area contributed by atoms with Crippen LogP contribution in [0.2, 0.25) is 0 Å². The van der Waals surface area contributed by atoms with Crippen LogP contribution in [0.3, 0.4) is 0 Å². The Hall–Kier alpha value is -0.910. The lowest BCUT2D eigenvalue weighted by Gasteiger charge is -2.13. The average Bonchev–Trinajstić information content (AvgIpc) is 2.47. The van der Waals surface area contributed by atoms with Crippen LogP contribution in [0.5, 0.6) is 0 Å². The zero-order valence-corrected chi connectivity index (χ0v) is 14.9. The predicted octanol–water partition coefficient (Wildman–Crippen LogP) is 1.94. The van der Waals surface area contributed by atoms with Crippen LogP contribution in [-0.4, -0.2) is 62.5 Å². The van der Waals surface area contributed by atoms with E-state index in [1.165, 1.54) is 25.0 Å². The molecule has 0 atom stereocenters. The number of likely N-dealkylation sites (N-methyl/N-ethyl adjacent to an activating group) is 1. The number of unbranched alkanes of at least 4 members (excludes halogenated alkanes) is 3. The van der Waals surface area contributed by atoms with Gasteiger partial charge in [0, 0.05) is 27.2 Å². The molecule has 0 radical (unpaired) electrons. The first-order chi connectivity index (χ1) is 10.1. The molecule has 5 nitrogen and oxygen atoms in total. The topological polar surface area (TPSA) is 56.7 Å². The molecule has 0 aliphatic heterocycles. The summed E-state index contributed by atoms with van der Waals surface area (Å²) in [7, 11) is 3.50. The van der Waals surface area contributed by atoms with Gasteiger partial charge in [0.25, 0.3) is 0 Å². The summed E-state index contributed by atoms with van der Waals surface area (Å²) < 4.78 is 0. The molecule has 0 heterocycles. The van der Waals surface area contributed by atoms with Gasteiger partial charge in [-0.05, 0) is 31.3 Å². The van der Waals surface area contributed by atoms with Gasteiger partial charge in [0.05, 0.1) is 0 Å². The van der Waals surface area contributed by atoms with Gasteiger partial charge in [-0.3, -0.25) is 4.79 Å². The fourth-order valence-electron chi connectivity index (χ4n) is 1.64. The molecule has 21 heavy (non-hydrogen) atoms. The Morgan fingerprint density at radius 1 is 1.10 bits per heavy atom. The second-order valence-corrected chi connectivity index (χ2v) is 6.20. The second-order valence-electron chi connectivity index (χ2n) is 5.21. The van der Waals surface area contributed by atoms with E-state index in [1.807, 2.05) is 11.8 Å².